The lowest BCUT2D eigenvalue weighted by molar-refractivity contribution is 0.571. The van der Waals surface area contributed by atoms with Crippen molar-refractivity contribution < 1.29 is 4.42 Å². The number of rotatable bonds is 1. The molecule has 4 rings (SSSR count). The van der Waals surface area contributed by atoms with Crippen LogP contribution in [0.3, 0.4) is 0 Å². The predicted octanol–water partition coefficient (Wildman–Crippen LogP) is 2.74. The number of hydrogen-bond acceptors (Lipinski definition) is 2. The quantitative estimate of drug-likeness (QED) is 0.731. The van der Waals surface area contributed by atoms with E-state index in [1.807, 2.05) is 18.2 Å². The van der Waals surface area contributed by atoms with Gasteiger partial charge < -0.3 is 10.2 Å². The standard InChI is InChI=1S/C18H15NO/c19-14-9-5-11-16-18(14)17-13(8-4-10-15(17)20-16)12-6-2-1-3-7-12/h1-4,6-8,10-11H,5,9,19H2. The first-order valence-corrected chi connectivity index (χ1v) is 6.90. The van der Waals surface area contributed by atoms with Crippen molar-refractivity contribution in [2.75, 3.05) is 0 Å². The molecule has 20 heavy (non-hydrogen) atoms. The van der Waals surface area contributed by atoms with Gasteiger partial charge >= 0.3 is 0 Å². The van der Waals surface area contributed by atoms with Gasteiger partial charge in [-0.25, -0.2) is 0 Å². The molecule has 1 aliphatic carbocycles. The number of fused-ring (bicyclic) bond motifs is 3. The third kappa shape index (κ3) is 1.58. The zero-order chi connectivity index (χ0) is 13.5. The van der Waals surface area contributed by atoms with Crippen molar-refractivity contribution in [3.63, 3.8) is 0 Å². The molecule has 0 amide bonds. The molecule has 0 aliphatic heterocycles. The van der Waals surface area contributed by atoms with Gasteiger partial charge in [0.1, 0.15) is 11.0 Å². The van der Waals surface area contributed by atoms with E-state index in [9.17, 15) is 0 Å². The van der Waals surface area contributed by atoms with Crippen molar-refractivity contribution in [2.24, 2.45) is 5.73 Å². The SMILES string of the molecule is NC1=c2c(oc3cccc(-c4ccccc4)c23)=CCC1. The molecule has 2 N–H and O–H groups in total. The second-order valence-electron chi connectivity index (χ2n) is 5.15. The third-order valence-corrected chi connectivity index (χ3v) is 3.89. The fourth-order valence-electron chi connectivity index (χ4n) is 2.97. The highest BCUT2D eigenvalue weighted by molar-refractivity contribution is 5.95. The molecule has 2 heteroatoms. The lowest BCUT2D eigenvalue weighted by Crippen LogP contribution is -2.29. The van der Waals surface area contributed by atoms with Gasteiger partial charge in [0.2, 0.25) is 0 Å². The van der Waals surface area contributed by atoms with Crippen LogP contribution in [0.4, 0.5) is 0 Å². The Morgan fingerprint density at radius 2 is 1.80 bits per heavy atom. The summed E-state index contributed by atoms with van der Waals surface area (Å²) in [5, 5.41) is 2.23. The maximum Gasteiger partial charge on any atom is 0.136 e. The molecule has 0 atom stereocenters. The minimum Gasteiger partial charge on any atom is -0.456 e. The Bertz CT molecular complexity index is 904. The molecule has 3 aromatic rings. The zero-order valence-corrected chi connectivity index (χ0v) is 11.1. The predicted molar refractivity (Wildman–Crippen MR) is 82.2 cm³/mol. The van der Waals surface area contributed by atoms with Gasteiger partial charge in [0, 0.05) is 16.3 Å². The smallest absolute Gasteiger partial charge is 0.136 e. The van der Waals surface area contributed by atoms with E-state index in [4.69, 9.17) is 10.2 Å². The van der Waals surface area contributed by atoms with E-state index in [1.165, 1.54) is 11.1 Å². The van der Waals surface area contributed by atoms with Crippen LogP contribution in [0.1, 0.15) is 12.8 Å². The summed E-state index contributed by atoms with van der Waals surface area (Å²) < 4.78 is 5.97. The average Bonchev–Trinajstić information content (AvgIpc) is 2.88. The molecule has 0 spiro atoms. The Labute approximate surface area is 116 Å². The molecule has 0 saturated heterocycles. The number of hydrogen-bond donors (Lipinski definition) is 1. The van der Waals surface area contributed by atoms with Gasteiger partial charge in [-0.1, -0.05) is 42.5 Å². The molecule has 0 fully saturated rings. The Kier molecular flexibility index (Phi) is 2.43. The van der Waals surface area contributed by atoms with Crippen molar-refractivity contribution in [3.8, 4) is 11.1 Å². The number of nitrogens with two attached hydrogens (primary N) is 1. The molecular weight excluding hydrogens is 246 g/mol. The van der Waals surface area contributed by atoms with Crippen molar-refractivity contribution in [1.82, 2.24) is 0 Å². The summed E-state index contributed by atoms with van der Waals surface area (Å²) in [6.07, 6.45) is 4.00. The van der Waals surface area contributed by atoms with E-state index in [-0.39, 0.29) is 0 Å². The second-order valence-corrected chi connectivity index (χ2v) is 5.15. The fraction of sp³-hybridized carbons (Fsp3) is 0.111. The third-order valence-electron chi connectivity index (χ3n) is 3.89. The van der Waals surface area contributed by atoms with Gasteiger partial charge in [-0.3, -0.25) is 0 Å². The van der Waals surface area contributed by atoms with Crippen LogP contribution >= 0.6 is 0 Å². The maximum atomic E-state index is 6.24. The van der Waals surface area contributed by atoms with Gasteiger partial charge in [-0.2, -0.15) is 0 Å². The van der Waals surface area contributed by atoms with E-state index < -0.39 is 0 Å². The van der Waals surface area contributed by atoms with Crippen molar-refractivity contribution >= 4 is 22.7 Å². The summed E-state index contributed by atoms with van der Waals surface area (Å²) in [6.45, 7) is 0. The molecule has 0 unspecified atom stereocenters. The Hall–Kier alpha value is -2.48. The molecule has 0 saturated carbocycles. The van der Waals surface area contributed by atoms with Crippen LogP contribution in [0.2, 0.25) is 0 Å². The maximum absolute atomic E-state index is 6.24. The minimum atomic E-state index is 0.907. The van der Waals surface area contributed by atoms with Crippen molar-refractivity contribution in [3.05, 3.63) is 59.2 Å². The molecular formula is C18H15NO. The highest BCUT2D eigenvalue weighted by atomic mass is 16.3. The largest absolute Gasteiger partial charge is 0.456 e. The minimum absolute atomic E-state index is 0.907. The van der Waals surface area contributed by atoms with Gasteiger partial charge in [-0.15, -0.1) is 0 Å². The van der Waals surface area contributed by atoms with Crippen LogP contribution in [-0.4, -0.2) is 0 Å². The van der Waals surface area contributed by atoms with E-state index in [1.54, 1.807) is 0 Å². The Morgan fingerprint density at radius 3 is 2.65 bits per heavy atom. The molecule has 0 bridgehead atoms. The topological polar surface area (TPSA) is 39.2 Å². The first-order valence-electron chi connectivity index (χ1n) is 6.90. The van der Waals surface area contributed by atoms with Crippen molar-refractivity contribution in [1.29, 1.82) is 0 Å². The van der Waals surface area contributed by atoms with E-state index in [0.717, 1.165) is 40.1 Å². The highest BCUT2D eigenvalue weighted by Gasteiger charge is 2.13. The lowest BCUT2D eigenvalue weighted by Gasteiger charge is -2.05. The van der Waals surface area contributed by atoms with Crippen LogP contribution in [0, 0.1) is 0 Å². The first-order chi connectivity index (χ1) is 9.84. The second kappa shape index (κ2) is 4.27. The van der Waals surface area contributed by atoms with Gasteiger partial charge in [0.15, 0.2) is 0 Å². The highest BCUT2D eigenvalue weighted by Crippen LogP contribution is 2.26. The van der Waals surface area contributed by atoms with Gasteiger partial charge in [0.25, 0.3) is 0 Å². The number of furan rings is 1. The van der Waals surface area contributed by atoms with E-state index in [2.05, 4.69) is 36.4 Å². The van der Waals surface area contributed by atoms with Crippen LogP contribution < -0.4 is 16.4 Å². The average molecular weight is 261 g/mol. The summed E-state index contributed by atoms with van der Waals surface area (Å²) in [7, 11) is 0. The molecule has 2 nitrogen and oxygen atoms in total. The normalized spacial score (nSPS) is 14.1. The summed E-state index contributed by atoms with van der Waals surface area (Å²) in [5.74, 6) is 0. The Balaban J connectivity index is 2.20. The zero-order valence-electron chi connectivity index (χ0n) is 11.1. The molecule has 98 valence electrons. The van der Waals surface area contributed by atoms with Crippen LogP contribution in [0.25, 0.3) is 33.9 Å². The van der Waals surface area contributed by atoms with E-state index in [0.29, 0.717) is 0 Å². The van der Waals surface area contributed by atoms with Crippen molar-refractivity contribution in [2.45, 2.75) is 12.8 Å². The molecule has 1 aliphatic rings. The van der Waals surface area contributed by atoms with Gasteiger partial charge in [-0.05, 0) is 36.1 Å². The summed E-state index contributed by atoms with van der Waals surface area (Å²) in [5.41, 5.74) is 11.4. The van der Waals surface area contributed by atoms with E-state index >= 15 is 0 Å². The monoisotopic (exact) mass is 261 g/mol. The fourth-order valence-corrected chi connectivity index (χ4v) is 2.97. The van der Waals surface area contributed by atoms with Gasteiger partial charge in [0.05, 0.1) is 0 Å². The van der Waals surface area contributed by atoms with Crippen LogP contribution in [0.15, 0.2) is 52.9 Å². The molecule has 1 heterocycles. The lowest BCUT2D eigenvalue weighted by atomic mass is 9.98. The molecule has 1 aromatic heterocycles. The molecule has 0 radical (unpaired) electrons. The van der Waals surface area contributed by atoms with Crippen LogP contribution in [0.5, 0.6) is 0 Å². The summed E-state index contributed by atoms with van der Waals surface area (Å²) >= 11 is 0. The summed E-state index contributed by atoms with van der Waals surface area (Å²) in [6, 6.07) is 16.6. The molecule has 2 aromatic carbocycles. The Morgan fingerprint density at radius 1 is 0.950 bits per heavy atom. The van der Waals surface area contributed by atoms with Crippen LogP contribution in [-0.2, 0) is 0 Å². The summed E-state index contributed by atoms with van der Waals surface area (Å²) in [4.78, 5) is 0. The first kappa shape index (κ1) is 11.4. The number of benzene rings is 2.